The van der Waals surface area contributed by atoms with Gasteiger partial charge in [0.15, 0.2) is 5.65 Å². The first-order valence-electron chi connectivity index (χ1n) is 6.71. The van der Waals surface area contributed by atoms with Crippen molar-refractivity contribution in [3.63, 3.8) is 0 Å². The Morgan fingerprint density at radius 2 is 2.10 bits per heavy atom. The number of pyridine rings is 1. The zero-order chi connectivity index (χ0) is 14.5. The molecule has 0 spiro atoms. The van der Waals surface area contributed by atoms with Crippen LogP contribution >= 0.6 is 11.6 Å². The largest absolute Gasteiger partial charge is 0.481 e. The third kappa shape index (κ3) is 2.88. The molecule has 0 aliphatic rings. The second-order valence-corrected chi connectivity index (χ2v) is 4.89. The molecule has 0 amide bonds. The van der Waals surface area contributed by atoms with E-state index in [0.717, 1.165) is 29.8 Å². The normalized spacial score (nSPS) is 12.8. The number of aromatic nitrogens is 3. The number of fused-ring (bicyclic) bond motifs is 1. The summed E-state index contributed by atoms with van der Waals surface area (Å²) in [6.07, 6.45) is 2.04. The molecule has 0 aromatic carbocycles. The van der Waals surface area contributed by atoms with Gasteiger partial charge in [-0.15, -0.1) is 11.6 Å². The van der Waals surface area contributed by atoms with Crippen LogP contribution in [0.15, 0.2) is 12.1 Å². The Hall–Kier alpha value is -1.33. The molecule has 0 aliphatic heterocycles. The average molecular weight is 298 g/mol. The van der Waals surface area contributed by atoms with E-state index in [-0.39, 0.29) is 6.04 Å². The van der Waals surface area contributed by atoms with Crippen LogP contribution in [0.25, 0.3) is 11.2 Å². The maximum Gasteiger partial charge on any atom is 0.215 e. The Balaban J connectivity index is 2.56. The van der Waals surface area contributed by atoms with Gasteiger partial charge in [-0.3, -0.25) is 0 Å². The van der Waals surface area contributed by atoms with Crippen molar-refractivity contribution in [1.29, 1.82) is 0 Å². The zero-order valence-corrected chi connectivity index (χ0v) is 12.9. The number of ether oxygens (including phenoxy) is 2. The van der Waals surface area contributed by atoms with Crippen molar-refractivity contribution < 1.29 is 9.47 Å². The van der Waals surface area contributed by atoms with E-state index in [4.69, 9.17) is 21.1 Å². The van der Waals surface area contributed by atoms with E-state index in [0.29, 0.717) is 18.4 Å². The summed E-state index contributed by atoms with van der Waals surface area (Å²) >= 11 is 6.04. The monoisotopic (exact) mass is 297 g/mol. The second kappa shape index (κ2) is 6.90. The summed E-state index contributed by atoms with van der Waals surface area (Å²) in [6.45, 7) is 2.76. The molecule has 1 unspecified atom stereocenters. The number of alkyl halides is 1. The van der Waals surface area contributed by atoms with Gasteiger partial charge in [0.05, 0.1) is 25.6 Å². The van der Waals surface area contributed by atoms with E-state index in [2.05, 4.69) is 21.5 Å². The minimum Gasteiger partial charge on any atom is -0.481 e. The van der Waals surface area contributed by atoms with Gasteiger partial charge in [-0.05, 0) is 12.5 Å². The highest BCUT2D eigenvalue weighted by Gasteiger charge is 2.19. The number of halogens is 1. The number of imidazole rings is 1. The molecule has 6 heteroatoms. The van der Waals surface area contributed by atoms with E-state index in [1.54, 1.807) is 14.2 Å². The Bertz CT molecular complexity index is 565. The molecular formula is C14H20ClN3O2. The van der Waals surface area contributed by atoms with Crippen LogP contribution in [0.2, 0.25) is 0 Å². The fourth-order valence-electron chi connectivity index (χ4n) is 2.41. The molecule has 0 bridgehead atoms. The van der Waals surface area contributed by atoms with Crippen LogP contribution in [-0.4, -0.2) is 35.4 Å². The fourth-order valence-corrected chi connectivity index (χ4v) is 2.60. The van der Waals surface area contributed by atoms with E-state index in [1.165, 1.54) is 0 Å². The summed E-state index contributed by atoms with van der Waals surface area (Å²) in [5.41, 5.74) is 1.63. The quantitative estimate of drug-likeness (QED) is 0.737. The highest BCUT2D eigenvalue weighted by molar-refractivity contribution is 6.16. The van der Waals surface area contributed by atoms with Crippen molar-refractivity contribution in [2.24, 2.45) is 0 Å². The van der Waals surface area contributed by atoms with Gasteiger partial charge < -0.3 is 14.0 Å². The van der Waals surface area contributed by atoms with Crippen molar-refractivity contribution in [2.45, 2.75) is 31.7 Å². The summed E-state index contributed by atoms with van der Waals surface area (Å²) in [5.74, 6) is 1.74. The summed E-state index contributed by atoms with van der Waals surface area (Å²) in [6, 6.07) is 3.90. The lowest BCUT2D eigenvalue weighted by Crippen LogP contribution is -2.17. The topological polar surface area (TPSA) is 49.2 Å². The summed E-state index contributed by atoms with van der Waals surface area (Å²) in [5, 5.41) is 0. The van der Waals surface area contributed by atoms with Crippen LogP contribution in [0.4, 0.5) is 0 Å². The summed E-state index contributed by atoms with van der Waals surface area (Å²) < 4.78 is 12.6. The number of rotatable bonds is 7. The molecular weight excluding hydrogens is 278 g/mol. The van der Waals surface area contributed by atoms with Crippen molar-refractivity contribution >= 4 is 22.8 Å². The van der Waals surface area contributed by atoms with E-state index in [9.17, 15) is 0 Å². The van der Waals surface area contributed by atoms with Gasteiger partial charge >= 0.3 is 0 Å². The molecule has 0 radical (unpaired) electrons. The van der Waals surface area contributed by atoms with E-state index < -0.39 is 0 Å². The van der Waals surface area contributed by atoms with Crippen LogP contribution in [0.1, 0.15) is 31.6 Å². The molecule has 2 rings (SSSR count). The lowest BCUT2D eigenvalue weighted by molar-refractivity contribution is 0.150. The predicted molar refractivity (Wildman–Crippen MR) is 79.5 cm³/mol. The molecule has 0 saturated carbocycles. The molecule has 2 heterocycles. The van der Waals surface area contributed by atoms with Crippen LogP contribution in [-0.2, 0) is 10.6 Å². The maximum absolute atomic E-state index is 6.04. The van der Waals surface area contributed by atoms with Gasteiger partial charge in [-0.1, -0.05) is 13.3 Å². The molecule has 20 heavy (non-hydrogen) atoms. The first-order chi connectivity index (χ1) is 9.74. The minimum absolute atomic E-state index is 0.184. The number of hydrogen-bond acceptors (Lipinski definition) is 4. The number of nitrogens with zero attached hydrogens (tertiary/aromatic N) is 3. The highest BCUT2D eigenvalue weighted by Crippen LogP contribution is 2.26. The standard InChI is InChI=1S/C14H20ClN3O2/c1-4-5-10(9-19-2)18-12(8-15)16-11-6-7-13(20-3)17-14(11)18/h6-7,10H,4-5,8-9H2,1-3H3. The molecule has 110 valence electrons. The van der Waals surface area contributed by atoms with E-state index in [1.807, 2.05) is 12.1 Å². The smallest absolute Gasteiger partial charge is 0.215 e. The number of methoxy groups -OCH3 is 2. The summed E-state index contributed by atoms with van der Waals surface area (Å²) in [7, 11) is 3.31. The molecule has 5 nitrogen and oxygen atoms in total. The molecule has 1 atom stereocenters. The second-order valence-electron chi connectivity index (χ2n) is 4.63. The fraction of sp³-hybridized carbons (Fsp3) is 0.571. The first-order valence-corrected chi connectivity index (χ1v) is 7.25. The van der Waals surface area contributed by atoms with E-state index >= 15 is 0 Å². The van der Waals surface area contributed by atoms with Gasteiger partial charge in [0.25, 0.3) is 0 Å². The summed E-state index contributed by atoms with van der Waals surface area (Å²) in [4.78, 5) is 9.06. The third-order valence-corrected chi connectivity index (χ3v) is 3.50. The predicted octanol–water partition coefficient (Wildman–Crippen LogP) is 3.17. The van der Waals surface area contributed by atoms with Crippen LogP contribution in [0.3, 0.4) is 0 Å². The lowest BCUT2D eigenvalue weighted by Gasteiger charge is -2.19. The Labute approximate surface area is 123 Å². The van der Waals surface area contributed by atoms with Gasteiger partial charge in [-0.2, -0.15) is 4.98 Å². The Morgan fingerprint density at radius 1 is 1.30 bits per heavy atom. The van der Waals surface area contributed by atoms with Crippen LogP contribution < -0.4 is 4.74 Å². The third-order valence-electron chi connectivity index (χ3n) is 3.26. The highest BCUT2D eigenvalue weighted by atomic mass is 35.5. The van der Waals surface area contributed by atoms with Crippen molar-refractivity contribution in [1.82, 2.24) is 14.5 Å². The first kappa shape index (κ1) is 15.1. The van der Waals surface area contributed by atoms with Crippen molar-refractivity contribution in [2.75, 3.05) is 20.8 Å². The van der Waals surface area contributed by atoms with Crippen molar-refractivity contribution in [3.05, 3.63) is 18.0 Å². The maximum atomic E-state index is 6.04. The van der Waals surface area contributed by atoms with Gasteiger partial charge in [0, 0.05) is 13.2 Å². The van der Waals surface area contributed by atoms with Crippen molar-refractivity contribution in [3.8, 4) is 5.88 Å². The average Bonchev–Trinajstić information content (AvgIpc) is 2.84. The molecule has 0 aliphatic carbocycles. The lowest BCUT2D eigenvalue weighted by atomic mass is 10.1. The molecule has 2 aromatic heterocycles. The van der Waals surface area contributed by atoms with Gasteiger partial charge in [0.1, 0.15) is 11.3 Å². The zero-order valence-electron chi connectivity index (χ0n) is 12.1. The van der Waals surface area contributed by atoms with Crippen LogP contribution in [0.5, 0.6) is 5.88 Å². The molecule has 0 fully saturated rings. The van der Waals surface area contributed by atoms with Gasteiger partial charge in [-0.25, -0.2) is 4.98 Å². The SMILES string of the molecule is CCCC(COC)n1c(CCl)nc2ccc(OC)nc21. The minimum atomic E-state index is 0.184. The molecule has 0 N–H and O–H groups in total. The Morgan fingerprint density at radius 3 is 2.70 bits per heavy atom. The Kier molecular flexibility index (Phi) is 5.20. The van der Waals surface area contributed by atoms with Gasteiger partial charge in [0.2, 0.25) is 5.88 Å². The van der Waals surface area contributed by atoms with Crippen LogP contribution in [0, 0.1) is 0 Å². The molecule has 2 aromatic rings. The number of hydrogen-bond donors (Lipinski definition) is 0. The molecule has 0 saturated heterocycles.